The molecule has 0 radical (unpaired) electrons. The van der Waals surface area contributed by atoms with E-state index in [0.717, 1.165) is 31.0 Å². The van der Waals surface area contributed by atoms with Gasteiger partial charge in [0.1, 0.15) is 5.82 Å². The van der Waals surface area contributed by atoms with Crippen molar-refractivity contribution in [2.24, 2.45) is 0 Å². The Bertz CT molecular complexity index is 559. The van der Waals surface area contributed by atoms with Crippen molar-refractivity contribution in [2.45, 2.75) is 40.3 Å². The van der Waals surface area contributed by atoms with Gasteiger partial charge in [-0.3, -0.25) is 0 Å². The van der Waals surface area contributed by atoms with Crippen molar-refractivity contribution >= 4 is 16.7 Å². The van der Waals surface area contributed by atoms with Crippen molar-refractivity contribution in [3.8, 4) is 0 Å². The number of anilines is 1. The highest BCUT2D eigenvalue weighted by molar-refractivity contribution is 5.84. The standard InChI is InChI=1S/C17H25N3/c1-5-20(6-2)17-11-14(12-18-13(3)4)15-9-7-8-10-16(15)19-17/h7-11,13,18H,5-6,12H2,1-4H3. The lowest BCUT2D eigenvalue weighted by Crippen LogP contribution is -2.25. The first kappa shape index (κ1) is 14.8. The van der Waals surface area contributed by atoms with Crippen molar-refractivity contribution in [3.05, 3.63) is 35.9 Å². The number of para-hydroxylation sites is 1. The van der Waals surface area contributed by atoms with E-state index in [1.54, 1.807) is 0 Å². The first-order valence-corrected chi connectivity index (χ1v) is 7.52. The molecule has 0 unspecified atom stereocenters. The van der Waals surface area contributed by atoms with Crippen molar-refractivity contribution in [3.63, 3.8) is 0 Å². The molecule has 0 amide bonds. The van der Waals surface area contributed by atoms with Crippen LogP contribution in [0.3, 0.4) is 0 Å². The lowest BCUT2D eigenvalue weighted by atomic mass is 10.1. The molecule has 0 fully saturated rings. The van der Waals surface area contributed by atoms with Gasteiger partial charge in [-0.2, -0.15) is 0 Å². The lowest BCUT2D eigenvalue weighted by Gasteiger charge is -2.22. The molecule has 0 bridgehead atoms. The molecule has 20 heavy (non-hydrogen) atoms. The monoisotopic (exact) mass is 271 g/mol. The first-order valence-electron chi connectivity index (χ1n) is 7.52. The molecule has 0 atom stereocenters. The molecule has 3 heteroatoms. The van der Waals surface area contributed by atoms with Crippen molar-refractivity contribution in [2.75, 3.05) is 18.0 Å². The number of nitrogens with zero attached hydrogens (tertiary/aromatic N) is 2. The minimum Gasteiger partial charge on any atom is -0.357 e. The summed E-state index contributed by atoms with van der Waals surface area (Å²) in [6.07, 6.45) is 0. The topological polar surface area (TPSA) is 28.2 Å². The fourth-order valence-electron chi connectivity index (χ4n) is 2.40. The summed E-state index contributed by atoms with van der Waals surface area (Å²) in [5.41, 5.74) is 2.41. The first-order chi connectivity index (χ1) is 9.65. The molecule has 3 nitrogen and oxygen atoms in total. The van der Waals surface area contributed by atoms with Crippen molar-refractivity contribution < 1.29 is 0 Å². The molecule has 1 aromatic carbocycles. The highest BCUT2D eigenvalue weighted by atomic mass is 15.2. The van der Waals surface area contributed by atoms with E-state index in [0.29, 0.717) is 6.04 Å². The van der Waals surface area contributed by atoms with Gasteiger partial charge >= 0.3 is 0 Å². The van der Waals surface area contributed by atoms with E-state index >= 15 is 0 Å². The van der Waals surface area contributed by atoms with Crippen LogP contribution in [0.2, 0.25) is 0 Å². The Labute approximate surface area is 122 Å². The Morgan fingerprint density at radius 2 is 1.85 bits per heavy atom. The summed E-state index contributed by atoms with van der Waals surface area (Å²) >= 11 is 0. The van der Waals surface area contributed by atoms with Gasteiger partial charge in [0, 0.05) is 31.1 Å². The quantitative estimate of drug-likeness (QED) is 0.870. The lowest BCUT2D eigenvalue weighted by molar-refractivity contribution is 0.590. The fraction of sp³-hybridized carbons (Fsp3) is 0.471. The molecule has 1 N–H and O–H groups in total. The maximum atomic E-state index is 4.80. The van der Waals surface area contributed by atoms with Gasteiger partial charge in [0.25, 0.3) is 0 Å². The SMILES string of the molecule is CCN(CC)c1cc(CNC(C)C)c2ccccc2n1. The van der Waals surface area contributed by atoms with Crippen LogP contribution in [-0.4, -0.2) is 24.1 Å². The second-order valence-electron chi connectivity index (χ2n) is 5.36. The molecule has 0 aliphatic heterocycles. The minimum absolute atomic E-state index is 0.485. The van der Waals surface area contributed by atoms with Gasteiger partial charge in [0.2, 0.25) is 0 Å². The van der Waals surface area contributed by atoms with E-state index < -0.39 is 0 Å². The number of nitrogens with one attached hydrogen (secondary N) is 1. The zero-order valence-electron chi connectivity index (χ0n) is 13.0. The molecule has 2 aromatic rings. The average Bonchev–Trinajstić information content (AvgIpc) is 2.46. The van der Waals surface area contributed by atoms with Crippen LogP contribution in [0.15, 0.2) is 30.3 Å². The molecule has 108 valence electrons. The summed E-state index contributed by atoms with van der Waals surface area (Å²) in [4.78, 5) is 7.10. The van der Waals surface area contributed by atoms with E-state index in [1.165, 1.54) is 10.9 Å². The van der Waals surface area contributed by atoms with Crippen LogP contribution in [-0.2, 0) is 6.54 Å². The average molecular weight is 271 g/mol. The largest absolute Gasteiger partial charge is 0.357 e. The highest BCUT2D eigenvalue weighted by Gasteiger charge is 2.09. The summed E-state index contributed by atoms with van der Waals surface area (Å²) in [6, 6.07) is 11.1. The predicted molar refractivity (Wildman–Crippen MR) is 87.3 cm³/mol. The number of aromatic nitrogens is 1. The van der Waals surface area contributed by atoms with Gasteiger partial charge in [-0.1, -0.05) is 32.0 Å². The second kappa shape index (κ2) is 6.71. The highest BCUT2D eigenvalue weighted by Crippen LogP contribution is 2.23. The van der Waals surface area contributed by atoms with Gasteiger partial charge in [0.05, 0.1) is 5.52 Å². The minimum atomic E-state index is 0.485. The summed E-state index contributed by atoms with van der Waals surface area (Å²) < 4.78 is 0. The molecule has 0 saturated heterocycles. The third-order valence-electron chi connectivity index (χ3n) is 3.58. The second-order valence-corrected chi connectivity index (χ2v) is 5.36. The van der Waals surface area contributed by atoms with Crippen molar-refractivity contribution in [1.29, 1.82) is 0 Å². The Morgan fingerprint density at radius 3 is 2.50 bits per heavy atom. The van der Waals surface area contributed by atoms with Gasteiger partial charge in [0.15, 0.2) is 0 Å². The van der Waals surface area contributed by atoms with E-state index in [-0.39, 0.29) is 0 Å². The molecule has 2 rings (SSSR count). The summed E-state index contributed by atoms with van der Waals surface area (Å²) in [5, 5.41) is 4.76. The number of rotatable bonds is 6. The van der Waals surface area contributed by atoms with Crippen molar-refractivity contribution in [1.82, 2.24) is 10.3 Å². The maximum absolute atomic E-state index is 4.80. The molecule has 0 spiro atoms. The maximum Gasteiger partial charge on any atom is 0.129 e. The normalized spacial score (nSPS) is 11.2. The molecule has 0 aliphatic carbocycles. The fourth-order valence-corrected chi connectivity index (χ4v) is 2.40. The van der Waals surface area contributed by atoms with Gasteiger partial charge in [-0.15, -0.1) is 0 Å². The van der Waals surface area contributed by atoms with E-state index in [4.69, 9.17) is 4.98 Å². The number of hydrogen-bond donors (Lipinski definition) is 1. The third kappa shape index (κ3) is 3.28. The zero-order valence-corrected chi connectivity index (χ0v) is 13.0. The van der Waals surface area contributed by atoms with Gasteiger partial charge in [-0.05, 0) is 31.5 Å². The Morgan fingerprint density at radius 1 is 1.15 bits per heavy atom. The predicted octanol–water partition coefficient (Wildman–Crippen LogP) is 3.58. The molecular formula is C17H25N3. The van der Waals surface area contributed by atoms with E-state index in [2.05, 4.69) is 68.2 Å². The molecule has 1 heterocycles. The summed E-state index contributed by atoms with van der Waals surface area (Å²) in [6.45, 7) is 11.6. The van der Waals surface area contributed by atoms with E-state index in [1.807, 2.05) is 0 Å². The molecular weight excluding hydrogens is 246 g/mol. The smallest absolute Gasteiger partial charge is 0.129 e. The Kier molecular flexibility index (Phi) is 4.96. The summed E-state index contributed by atoms with van der Waals surface area (Å²) in [5.74, 6) is 1.08. The number of pyridine rings is 1. The number of benzene rings is 1. The van der Waals surface area contributed by atoms with Crippen LogP contribution in [0.25, 0.3) is 10.9 Å². The number of fused-ring (bicyclic) bond motifs is 1. The number of hydrogen-bond acceptors (Lipinski definition) is 3. The van der Waals surface area contributed by atoms with Crippen LogP contribution in [0, 0.1) is 0 Å². The van der Waals surface area contributed by atoms with Crippen LogP contribution in [0.5, 0.6) is 0 Å². The van der Waals surface area contributed by atoms with Crippen LogP contribution in [0.4, 0.5) is 5.82 Å². The van der Waals surface area contributed by atoms with Crippen LogP contribution >= 0.6 is 0 Å². The molecule has 1 aromatic heterocycles. The van der Waals surface area contributed by atoms with Crippen LogP contribution < -0.4 is 10.2 Å². The van der Waals surface area contributed by atoms with E-state index in [9.17, 15) is 0 Å². The Hall–Kier alpha value is -1.61. The van der Waals surface area contributed by atoms with Gasteiger partial charge < -0.3 is 10.2 Å². The molecule has 0 saturated carbocycles. The molecule has 0 aliphatic rings. The third-order valence-corrected chi connectivity index (χ3v) is 3.58. The Balaban J connectivity index is 2.46. The zero-order chi connectivity index (χ0) is 14.5. The van der Waals surface area contributed by atoms with Gasteiger partial charge in [-0.25, -0.2) is 4.98 Å². The van der Waals surface area contributed by atoms with Crippen LogP contribution in [0.1, 0.15) is 33.3 Å². The summed E-state index contributed by atoms with van der Waals surface area (Å²) in [7, 11) is 0.